The molecule has 4 rings (SSSR count). The van der Waals surface area contributed by atoms with Crippen LogP contribution < -0.4 is 0 Å². The number of nitrogens with zero attached hydrogens (tertiary/aromatic N) is 2. The molecule has 0 N–H and O–H groups in total. The Hall–Kier alpha value is -1.86. The summed E-state index contributed by atoms with van der Waals surface area (Å²) in [5.41, 5.74) is 2.55. The van der Waals surface area contributed by atoms with E-state index in [0.717, 1.165) is 22.5 Å². The van der Waals surface area contributed by atoms with E-state index in [1.165, 1.54) is 4.31 Å². The van der Waals surface area contributed by atoms with Gasteiger partial charge in [0.1, 0.15) is 5.76 Å². The molecule has 3 aromatic rings. The second-order valence-corrected chi connectivity index (χ2v) is 8.77. The van der Waals surface area contributed by atoms with Crippen LogP contribution in [0.2, 0.25) is 10.0 Å². The molecule has 1 aromatic heterocycles. The fraction of sp³-hybridized carbons (Fsp3) is 0.167. The maximum atomic E-state index is 12.9. The molecular formula is C18H14Cl2N2O3S. The maximum absolute atomic E-state index is 12.9. The summed E-state index contributed by atoms with van der Waals surface area (Å²) in [6.45, 7) is 0.648. The van der Waals surface area contributed by atoms with Crippen molar-refractivity contribution in [3.63, 3.8) is 0 Å². The summed E-state index contributed by atoms with van der Waals surface area (Å²) in [6, 6.07) is 12.1. The van der Waals surface area contributed by atoms with E-state index < -0.39 is 10.0 Å². The Morgan fingerprint density at radius 1 is 1.00 bits per heavy atom. The minimum absolute atomic E-state index is 0.251. The number of halogens is 2. The lowest BCUT2D eigenvalue weighted by Crippen LogP contribution is -2.35. The Kier molecular flexibility index (Phi) is 4.52. The quantitative estimate of drug-likeness (QED) is 0.644. The van der Waals surface area contributed by atoms with Crippen molar-refractivity contribution in [2.75, 3.05) is 6.54 Å². The first-order valence-electron chi connectivity index (χ1n) is 7.93. The van der Waals surface area contributed by atoms with Gasteiger partial charge in [-0.25, -0.2) is 8.42 Å². The predicted molar refractivity (Wildman–Crippen MR) is 99.7 cm³/mol. The van der Waals surface area contributed by atoms with Crippen LogP contribution in [0.5, 0.6) is 0 Å². The lowest BCUT2D eigenvalue weighted by molar-refractivity contribution is 0.331. The average molecular weight is 409 g/mol. The van der Waals surface area contributed by atoms with Crippen molar-refractivity contribution in [3.05, 3.63) is 70.0 Å². The number of hydrogen-bond donors (Lipinski definition) is 0. The number of hydrogen-bond acceptors (Lipinski definition) is 4. The molecule has 0 aliphatic carbocycles. The van der Waals surface area contributed by atoms with E-state index in [4.69, 9.17) is 27.7 Å². The summed E-state index contributed by atoms with van der Waals surface area (Å²) in [7, 11) is -3.58. The third-order valence-electron chi connectivity index (χ3n) is 4.41. The lowest BCUT2D eigenvalue weighted by atomic mass is 10.1. The van der Waals surface area contributed by atoms with Gasteiger partial charge < -0.3 is 4.52 Å². The highest BCUT2D eigenvalue weighted by atomic mass is 35.5. The van der Waals surface area contributed by atoms with Crippen LogP contribution in [0.3, 0.4) is 0 Å². The normalized spacial score (nSPS) is 15.0. The van der Waals surface area contributed by atoms with Crippen LogP contribution in [-0.4, -0.2) is 24.4 Å². The van der Waals surface area contributed by atoms with Crippen LogP contribution in [0.15, 0.2) is 58.1 Å². The number of fused-ring (bicyclic) bond motifs is 1. The van der Waals surface area contributed by atoms with Crippen LogP contribution in [0.25, 0.3) is 11.1 Å². The summed E-state index contributed by atoms with van der Waals surface area (Å²) in [5, 5.41) is 4.67. The number of aromatic nitrogens is 1. The summed E-state index contributed by atoms with van der Waals surface area (Å²) < 4.78 is 32.4. The van der Waals surface area contributed by atoms with Gasteiger partial charge in [-0.3, -0.25) is 0 Å². The van der Waals surface area contributed by atoms with E-state index in [0.29, 0.717) is 23.0 Å². The molecule has 0 saturated carbocycles. The molecule has 0 radical (unpaired) electrons. The summed E-state index contributed by atoms with van der Waals surface area (Å²) >= 11 is 12.0. The molecule has 0 saturated heterocycles. The van der Waals surface area contributed by atoms with E-state index >= 15 is 0 Å². The van der Waals surface area contributed by atoms with Crippen molar-refractivity contribution >= 4 is 33.2 Å². The number of benzene rings is 2. The van der Waals surface area contributed by atoms with Crippen LogP contribution in [0.4, 0.5) is 0 Å². The Morgan fingerprint density at radius 3 is 2.46 bits per heavy atom. The first-order valence-corrected chi connectivity index (χ1v) is 10.1. The lowest BCUT2D eigenvalue weighted by Gasteiger charge is -2.25. The zero-order valence-corrected chi connectivity index (χ0v) is 15.9. The molecule has 0 bridgehead atoms. The van der Waals surface area contributed by atoms with Gasteiger partial charge in [-0.15, -0.1) is 0 Å². The van der Waals surface area contributed by atoms with Gasteiger partial charge in [-0.1, -0.05) is 46.6 Å². The largest absolute Gasteiger partial charge is 0.361 e. The highest BCUT2D eigenvalue weighted by Crippen LogP contribution is 2.30. The van der Waals surface area contributed by atoms with E-state index in [9.17, 15) is 8.42 Å². The zero-order valence-electron chi connectivity index (χ0n) is 13.5. The molecule has 0 fully saturated rings. The van der Waals surface area contributed by atoms with Crippen molar-refractivity contribution < 1.29 is 12.9 Å². The molecule has 1 aliphatic rings. The fourth-order valence-corrected chi connectivity index (χ4v) is 4.68. The highest BCUT2D eigenvalue weighted by Gasteiger charge is 2.30. The van der Waals surface area contributed by atoms with Crippen molar-refractivity contribution in [2.45, 2.75) is 17.9 Å². The monoisotopic (exact) mass is 408 g/mol. The second kappa shape index (κ2) is 6.70. The predicted octanol–water partition coefficient (Wildman–Crippen LogP) is 4.40. The first kappa shape index (κ1) is 17.5. The summed E-state index contributed by atoms with van der Waals surface area (Å²) in [5.74, 6) is 0.756. The Balaban J connectivity index is 1.61. The van der Waals surface area contributed by atoms with Gasteiger partial charge in [0.05, 0.1) is 21.1 Å². The molecule has 0 amide bonds. The van der Waals surface area contributed by atoms with Crippen molar-refractivity contribution in [1.82, 2.24) is 9.46 Å². The van der Waals surface area contributed by atoms with Crippen molar-refractivity contribution in [1.29, 1.82) is 0 Å². The van der Waals surface area contributed by atoms with Gasteiger partial charge in [-0.05, 0) is 35.4 Å². The molecule has 26 heavy (non-hydrogen) atoms. The topological polar surface area (TPSA) is 63.4 Å². The average Bonchev–Trinajstić information content (AvgIpc) is 3.12. The molecule has 0 unspecified atom stereocenters. The van der Waals surface area contributed by atoms with Crippen LogP contribution in [-0.2, 0) is 23.0 Å². The molecule has 134 valence electrons. The minimum atomic E-state index is -3.58. The summed E-state index contributed by atoms with van der Waals surface area (Å²) in [4.78, 5) is 0.251. The van der Waals surface area contributed by atoms with Gasteiger partial charge in [0, 0.05) is 25.1 Å². The third-order valence-corrected chi connectivity index (χ3v) is 7.01. The highest BCUT2D eigenvalue weighted by molar-refractivity contribution is 7.89. The Bertz CT molecular complexity index is 1060. The van der Waals surface area contributed by atoms with Gasteiger partial charge in [-0.2, -0.15) is 4.31 Å². The standard InChI is InChI=1S/C18H14Cl2N2O3S/c19-16-6-3-13(9-17(16)20)12-1-4-15(5-2-12)26(23,24)22-8-7-18-14(11-22)10-21-25-18/h1-6,9-10H,7-8,11H2. The smallest absolute Gasteiger partial charge is 0.243 e. The molecule has 2 heterocycles. The minimum Gasteiger partial charge on any atom is -0.361 e. The third kappa shape index (κ3) is 3.14. The van der Waals surface area contributed by atoms with Gasteiger partial charge in [0.15, 0.2) is 0 Å². The van der Waals surface area contributed by atoms with Crippen molar-refractivity contribution in [3.8, 4) is 11.1 Å². The molecular weight excluding hydrogens is 395 g/mol. The number of sulfonamides is 1. The van der Waals surface area contributed by atoms with Gasteiger partial charge in [0.25, 0.3) is 0 Å². The molecule has 5 nitrogen and oxygen atoms in total. The molecule has 1 aliphatic heterocycles. The fourth-order valence-electron chi connectivity index (χ4n) is 2.96. The van der Waals surface area contributed by atoms with Crippen LogP contribution in [0, 0.1) is 0 Å². The van der Waals surface area contributed by atoms with E-state index in [2.05, 4.69) is 5.16 Å². The summed E-state index contributed by atoms with van der Waals surface area (Å²) in [6.07, 6.45) is 2.10. The molecule has 0 atom stereocenters. The molecule has 2 aromatic carbocycles. The van der Waals surface area contributed by atoms with Crippen LogP contribution >= 0.6 is 23.2 Å². The molecule has 8 heteroatoms. The van der Waals surface area contributed by atoms with Gasteiger partial charge in [0.2, 0.25) is 10.0 Å². The zero-order chi connectivity index (χ0) is 18.3. The van der Waals surface area contributed by atoms with Crippen LogP contribution in [0.1, 0.15) is 11.3 Å². The van der Waals surface area contributed by atoms with E-state index in [-0.39, 0.29) is 11.4 Å². The second-order valence-electron chi connectivity index (χ2n) is 6.02. The molecule has 0 spiro atoms. The van der Waals surface area contributed by atoms with Gasteiger partial charge >= 0.3 is 0 Å². The SMILES string of the molecule is O=S(=O)(c1ccc(-c2ccc(Cl)c(Cl)c2)cc1)N1CCc2oncc2C1. The Morgan fingerprint density at radius 2 is 1.73 bits per heavy atom. The number of rotatable bonds is 3. The van der Waals surface area contributed by atoms with E-state index in [1.54, 1.807) is 42.6 Å². The van der Waals surface area contributed by atoms with E-state index in [1.807, 2.05) is 6.07 Å². The maximum Gasteiger partial charge on any atom is 0.243 e. The van der Waals surface area contributed by atoms with Crippen molar-refractivity contribution in [2.24, 2.45) is 0 Å². The Labute approximate surface area is 161 Å². The first-order chi connectivity index (χ1) is 12.4.